The molecular weight excluding hydrogens is 399 g/mol. The number of anilines is 2. The van der Waals surface area contributed by atoms with Crippen LogP contribution in [0, 0.1) is 0 Å². The normalized spacial score (nSPS) is 13.4. The molecule has 2 aromatic rings. The van der Waals surface area contributed by atoms with Crippen molar-refractivity contribution in [2.45, 2.75) is 12.6 Å². The number of carbonyl (C=O) groups is 1. The van der Waals surface area contributed by atoms with Crippen molar-refractivity contribution >= 4 is 17.4 Å². The third kappa shape index (κ3) is 4.96. The molecule has 1 N–H and O–H groups in total. The monoisotopic (exact) mass is 423 g/mol. The molecule has 6 nitrogen and oxygen atoms in total. The van der Waals surface area contributed by atoms with Crippen molar-refractivity contribution in [3.05, 3.63) is 47.5 Å². The molecule has 3 rings (SSSR count). The van der Waals surface area contributed by atoms with Crippen LogP contribution < -0.4 is 19.7 Å². The Morgan fingerprint density at radius 1 is 1.23 bits per heavy atom. The summed E-state index contributed by atoms with van der Waals surface area (Å²) in [6.45, 7) is 1.52. The second kappa shape index (κ2) is 8.83. The van der Waals surface area contributed by atoms with E-state index >= 15 is 0 Å². The number of rotatable bonds is 6. The number of halogens is 3. The van der Waals surface area contributed by atoms with Gasteiger partial charge in [0.25, 0.3) is 0 Å². The van der Waals surface area contributed by atoms with Crippen LogP contribution in [0.3, 0.4) is 0 Å². The number of carbonyl (C=O) groups excluding carboxylic acids is 1. The molecule has 0 fully saturated rings. The van der Waals surface area contributed by atoms with Gasteiger partial charge in [-0.05, 0) is 50.3 Å². The zero-order valence-corrected chi connectivity index (χ0v) is 17.0. The predicted octanol–water partition coefficient (Wildman–Crippen LogP) is 4.25. The highest BCUT2D eigenvalue weighted by atomic mass is 19.4. The summed E-state index contributed by atoms with van der Waals surface area (Å²) in [5, 5.41) is 2.74. The average molecular weight is 423 g/mol. The number of nitrogens with zero attached hydrogens (tertiary/aromatic N) is 2. The minimum Gasteiger partial charge on any atom is -0.496 e. The van der Waals surface area contributed by atoms with Crippen molar-refractivity contribution in [3.8, 4) is 11.5 Å². The van der Waals surface area contributed by atoms with E-state index in [9.17, 15) is 18.0 Å². The lowest BCUT2D eigenvalue weighted by molar-refractivity contribution is -0.138. The number of alkyl halides is 3. The molecule has 0 radical (unpaired) electrons. The van der Waals surface area contributed by atoms with Crippen LogP contribution in [0.25, 0.3) is 0 Å². The maximum Gasteiger partial charge on any atom is 0.420 e. The Balaban J connectivity index is 1.76. The first kappa shape index (κ1) is 21.8. The number of methoxy groups -OCH3 is 1. The molecule has 162 valence electrons. The van der Waals surface area contributed by atoms with Crippen LogP contribution in [0.1, 0.15) is 11.1 Å². The summed E-state index contributed by atoms with van der Waals surface area (Å²) in [5.74, 6) is 0.353. The number of hydrogen-bond acceptors (Lipinski definition) is 4. The van der Waals surface area contributed by atoms with Crippen molar-refractivity contribution in [2.24, 2.45) is 0 Å². The second-order valence-electron chi connectivity index (χ2n) is 7.19. The summed E-state index contributed by atoms with van der Waals surface area (Å²) in [6, 6.07) is 8.72. The van der Waals surface area contributed by atoms with Crippen LogP contribution in [-0.2, 0) is 12.6 Å². The Kier molecular flexibility index (Phi) is 6.40. The van der Waals surface area contributed by atoms with Gasteiger partial charge in [0.2, 0.25) is 0 Å². The molecule has 0 spiro atoms. The van der Waals surface area contributed by atoms with Gasteiger partial charge in [0, 0.05) is 30.5 Å². The lowest BCUT2D eigenvalue weighted by Crippen LogP contribution is -2.33. The predicted molar refractivity (Wildman–Crippen MR) is 109 cm³/mol. The van der Waals surface area contributed by atoms with Crippen LogP contribution in [0.4, 0.5) is 29.3 Å². The lowest BCUT2D eigenvalue weighted by atomic mass is 10.1. The molecule has 0 unspecified atom stereocenters. The third-order valence-electron chi connectivity index (χ3n) is 4.74. The third-order valence-corrected chi connectivity index (χ3v) is 4.74. The Labute approximate surface area is 173 Å². The van der Waals surface area contributed by atoms with Gasteiger partial charge in [-0.3, -0.25) is 4.90 Å². The van der Waals surface area contributed by atoms with E-state index in [0.29, 0.717) is 30.0 Å². The van der Waals surface area contributed by atoms with Gasteiger partial charge in [0.05, 0.1) is 12.7 Å². The molecule has 0 bridgehead atoms. The van der Waals surface area contributed by atoms with Crippen LogP contribution >= 0.6 is 0 Å². The van der Waals surface area contributed by atoms with Crippen LogP contribution in [0.2, 0.25) is 0 Å². The summed E-state index contributed by atoms with van der Waals surface area (Å²) in [7, 11) is 5.07. The van der Waals surface area contributed by atoms with E-state index in [-0.39, 0.29) is 18.0 Å². The number of likely N-dealkylation sites (N-methyl/N-ethyl adjacent to an activating group) is 1. The van der Waals surface area contributed by atoms with E-state index in [1.165, 1.54) is 18.1 Å². The fourth-order valence-electron chi connectivity index (χ4n) is 3.22. The number of fused-ring (bicyclic) bond motifs is 1. The van der Waals surface area contributed by atoms with E-state index in [1.54, 1.807) is 24.3 Å². The van der Waals surface area contributed by atoms with Crippen molar-refractivity contribution in [1.29, 1.82) is 0 Å². The number of ether oxygens (including phenoxy) is 2. The van der Waals surface area contributed by atoms with Crippen molar-refractivity contribution in [3.63, 3.8) is 0 Å². The minimum absolute atomic E-state index is 0.235. The maximum absolute atomic E-state index is 13.4. The Bertz CT molecular complexity index is 916. The van der Waals surface area contributed by atoms with Gasteiger partial charge in [0.1, 0.15) is 18.1 Å². The molecule has 1 heterocycles. The Hall–Kier alpha value is -2.94. The average Bonchev–Trinajstić information content (AvgIpc) is 3.09. The zero-order chi connectivity index (χ0) is 21.9. The van der Waals surface area contributed by atoms with Crippen LogP contribution in [-0.4, -0.2) is 51.8 Å². The van der Waals surface area contributed by atoms with Crippen molar-refractivity contribution in [1.82, 2.24) is 4.90 Å². The topological polar surface area (TPSA) is 54.0 Å². The summed E-state index contributed by atoms with van der Waals surface area (Å²) in [5.41, 5.74) is 0.467. The molecule has 1 aliphatic rings. The summed E-state index contributed by atoms with van der Waals surface area (Å²) < 4.78 is 50.6. The summed E-state index contributed by atoms with van der Waals surface area (Å²) >= 11 is 0. The first-order valence-corrected chi connectivity index (χ1v) is 9.43. The largest absolute Gasteiger partial charge is 0.496 e. The molecule has 2 amide bonds. The fraction of sp³-hybridized carbons (Fsp3) is 0.381. The highest BCUT2D eigenvalue weighted by Crippen LogP contribution is 2.42. The molecule has 0 aromatic heterocycles. The number of nitrogens with one attached hydrogen (secondary N) is 1. The SMILES string of the molecule is COc1cc2c(cc1C(F)(F)F)N(C(=O)Nc1cccc(OCCN(C)C)c1)CC2. The van der Waals surface area contributed by atoms with Gasteiger partial charge in [-0.25, -0.2) is 4.79 Å². The van der Waals surface area contributed by atoms with Crippen LogP contribution in [0.5, 0.6) is 11.5 Å². The lowest BCUT2D eigenvalue weighted by Gasteiger charge is -2.20. The van der Waals surface area contributed by atoms with Crippen molar-refractivity contribution < 1.29 is 27.4 Å². The molecule has 0 saturated heterocycles. The first-order chi connectivity index (χ1) is 14.2. The highest BCUT2D eigenvalue weighted by molar-refractivity contribution is 6.03. The van der Waals surface area contributed by atoms with E-state index in [2.05, 4.69) is 5.32 Å². The molecule has 0 aliphatic carbocycles. The maximum atomic E-state index is 13.4. The summed E-state index contributed by atoms with van der Waals surface area (Å²) in [4.78, 5) is 16.1. The first-order valence-electron chi connectivity index (χ1n) is 9.43. The van der Waals surface area contributed by atoms with E-state index in [4.69, 9.17) is 9.47 Å². The number of urea groups is 1. The van der Waals surface area contributed by atoms with E-state index in [1.807, 2.05) is 19.0 Å². The van der Waals surface area contributed by atoms with Gasteiger partial charge in [-0.15, -0.1) is 0 Å². The van der Waals surface area contributed by atoms with Gasteiger partial charge in [-0.1, -0.05) is 6.07 Å². The molecular formula is C21H24F3N3O3. The van der Waals surface area contributed by atoms with Gasteiger partial charge < -0.3 is 19.7 Å². The van der Waals surface area contributed by atoms with Gasteiger partial charge >= 0.3 is 12.2 Å². The van der Waals surface area contributed by atoms with E-state index in [0.717, 1.165) is 12.6 Å². The van der Waals surface area contributed by atoms with E-state index < -0.39 is 17.8 Å². The zero-order valence-electron chi connectivity index (χ0n) is 17.0. The fourth-order valence-corrected chi connectivity index (χ4v) is 3.22. The van der Waals surface area contributed by atoms with Crippen LogP contribution in [0.15, 0.2) is 36.4 Å². The molecule has 2 aromatic carbocycles. The molecule has 1 aliphatic heterocycles. The quantitative estimate of drug-likeness (QED) is 0.755. The molecule has 0 saturated carbocycles. The van der Waals surface area contributed by atoms with Crippen molar-refractivity contribution in [2.75, 3.05) is 51.1 Å². The minimum atomic E-state index is -4.58. The number of hydrogen-bond donors (Lipinski definition) is 1. The second-order valence-corrected chi connectivity index (χ2v) is 7.19. The Morgan fingerprint density at radius 2 is 2.00 bits per heavy atom. The Morgan fingerprint density at radius 3 is 2.67 bits per heavy atom. The number of benzene rings is 2. The molecule has 30 heavy (non-hydrogen) atoms. The summed E-state index contributed by atoms with van der Waals surface area (Å²) in [6.07, 6.45) is -4.13. The standard InChI is InChI=1S/C21H24F3N3O3/c1-26(2)9-10-30-16-6-4-5-15(12-16)25-20(28)27-8-7-14-11-19(29-3)17(13-18(14)27)21(22,23)24/h4-6,11-13H,7-10H2,1-3H3,(H,25,28). The highest BCUT2D eigenvalue weighted by Gasteiger charge is 2.37. The molecule has 9 heteroatoms. The smallest absolute Gasteiger partial charge is 0.420 e. The van der Waals surface area contributed by atoms with Gasteiger partial charge in [-0.2, -0.15) is 13.2 Å². The number of amides is 2. The molecule has 0 atom stereocenters. The van der Waals surface area contributed by atoms with Gasteiger partial charge in [0.15, 0.2) is 0 Å².